The number of aliphatic hydroxyl groups excluding tert-OH is 4. The first-order valence-electron chi connectivity index (χ1n) is 5.08. The zero-order valence-corrected chi connectivity index (χ0v) is 9.17. The summed E-state index contributed by atoms with van der Waals surface area (Å²) in [5, 5.41) is 45.4. The Bertz CT molecular complexity index is 317. The van der Waals surface area contributed by atoms with Gasteiger partial charge < -0.3 is 35.0 Å². The molecule has 0 aromatic rings. The van der Waals surface area contributed by atoms with Crippen LogP contribution in [0.4, 0.5) is 0 Å². The summed E-state index contributed by atoms with van der Waals surface area (Å²) in [6.07, 6.45) is -8.73. The standard InChI is InChI=1S/C9H14O9/c10-4(11)1-5(12)17-2-3-6(13)7(14)8(15)9(16)18-3/h3,6-9,13-16H,1-2H2,(H,10,11)/t3-,6-,7+,8-,9?/m1/s1. The molecule has 1 aliphatic heterocycles. The van der Waals surface area contributed by atoms with Gasteiger partial charge in [0.25, 0.3) is 0 Å². The fourth-order valence-corrected chi connectivity index (χ4v) is 1.42. The van der Waals surface area contributed by atoms with E-state index in [1.807, 2.05) is 0 Å². The van der Waals surface area contributed by atoms with Crippen molar-refractivity contribution in [1.82, 2.24) is 0 Å². The lowest BCUT2D eigenvalue weighted by Crippen LogP contribution is -2.58. The van der Waals surface area contributed by atoms with Crippen LogP contribution in [0.25, 0.3) is 0 Å². The van der Waals surface area contributed by atoms with E-state index in [9.17, 15) is 19.8 Å². The van der Waals surface area contributed by atoms with E-state index >= 15 is 0 Å². The minimum absolute atomic E-state index is 0.547. The fraction of sp³-hybridized carbons (Fsp3) is 0.778. The lowest BCUT2D eigenvalue weighted by atomic mass is 9.99. The molecule has 1 fully saturated rings. The molecule has 18 heavy (non-hydrogen) atoms. The maximum Gasteiger partial charge on any atom is 0.317 e. The Balaban J connectivity index is 2.47. The highest BCUT2D eigenvalue weighted by Crippen LogP contribution is 2.20. The maximum absolute atomic E-state index is 10.9. The highest BCUT2D eigenvalue weighted by Gasteiger charge is 2.43. The summed E-state index contributed by atoms with van der Waals surface area (Å²) in [4.78, 5) is 21.1. The Hall–Kier alpha value is -1.26. The first-order valence-corrected chi connectivity index (χ1v) is 5.08. The number of aliphatic carboxylic acids is 1. The van der Waals surface area contributed by atoms with E-state index in [0.717, 1.165) is 0 Å². The van der Waals surface area contributed by atoms with Gasteiger partial charge in [0.2, 0.25) is 0 Å². The monoisotopic (exact) mass is 266 g/mol. The molecule has 0 aromatic carbocycles. The van der Waals surface area contributed by atoms with Crippen LogP contribution in [-0.4, -0.2) is 74.8 Å². The van der Waals surface area contributed by atoms with Gasteiger partial charge in [-0.3, -0.25) is 9.59 Å². The van der Waals surface area contributed by atoms with Gasteiger partial charge in [0.05, 0.1) is 0 Å². The molecular weight excluding hydrogens is 252 g/mol. The molecule has 0 aliphatic carbocycles. The van der Waals surface area contributed by atoms with E-state index in [0.29, 0.717) is 0 Å². The molecular formula is C9H14O9. The summed E-state index contributed by atoms with van der Waals surface area (Å²) in [6, 6.07) is 0. The predicted molar refractivity (Wildman–Crippen MR) is 52.1 cm³/mol. The minimum Gasteiger partial charge on any atom is -0.481 e. The average Bonchev–Trinajstić information content (AvgIpc) is 2.28. The Morgan fingerprint density at radius 1 is 1.06 bits per heavy atom. The summed E-state index contributed by atoms with van der Waals surface area (Å²) in [7, 11) is 0. The quantitative estimate of drug-likeness (QED) is 0.261. The van der Waals surface area contributed by atoms with E-state index in [-0.39, 0.29) is 0 Å². The Morgan fingerprint density at radius 2 is 1.67 bits per heavy atom. The minimum atomic E-state index is -1.73. The van der Waals surface area contributed by atoms with E-state index in [4.69, 9.17) is 20.1 Å². The van der Waals surface area contributed by atoms with Crippen LogP contribution in [-0.2, 0) is 19.1 Å². The second-order valence-electron chi connectivity index (χ2n) is 3.79. The molecule has 1 heterocycles. The van der Waals surface area contributed by atoms with Crippen molar-refractivity contribution in [2.24, 2.45) is 0 Å². The van der Waals surface area contributed by atoms with Gasteiger partial charge >= 0.3 is 11.9 Å². The van der Waals surface area contributed by atoms with Gasteiger partial charge in [-0.1, -0.05) is 0 Å². The van der Waals surface area contributed by atoms with Crippen LogP contribution in [0.2, 0.25) is 0 Å². The molecule has 1 rings (SSSR count). The molecule has 5 N–H and O–H groups in total. The normalized spacial score (nSPS) is 36.1. The summed E-state index contributed by atoms with van der Waals surface area (Å²) in [5.41, 5.74) is 0. The Kier molecular flexibility index (Phi) is 4.99. The van der Waals surface area contributed by atoms with Crippen molar-refractivity contribution >= 4 is 11.9 Å². The third-order valence-electron chi connectivity index (χ3n) is 2.39. The molecule has 1 saturated heterocycles. The van der Waals surface area contributed by atoms with Crippen molar-refractivity contribution in [2.45, 2.75) is 37.1 Å². The predicted octanol–water partition coefficient (Wildman–Crippen LogP) is -3.20. The van der Waals surface area contributed by atoms with Gasteiger partial charge in [0, 0.05) is 0 Å². The Morgan fingerprint density at radius 3 is 2.22 bits per heavy atom. The van der Waals surface area contributed by atoms with Crippen LogP contribution in [0.15, 0.2) is 0 Å². The number of esters is 1. The first-order chi connectivity index (χ1) is 8.32. The summed E-state index contributed by atoms with van der Waals surface area (Å²) >= 11 is 0. The van der Waals surface area contributed by atoms with E-state index in [2.05, 4.69) is 4.74 Å². The van der Waals surface area contributed by atoms with Crippen LogP contribution < -0.4 is 0 Å². The largest absolute Gasteiger partial charge is 0.481 e. The molecule has 1 aliphatic rings. The number of ether oxygens (including phenoxy) is 2. The number of aliphatic hydroxyl groups is 4. The summed E-state index contributed by atoms with van der Waals surface area (Å²) < 4.78 is 9.19. The van der Waals surface area contributed by atoms with Gasteiger partial charge in [-0.2, -0.15) is 0 Å². The van der Waals surface area contributed by atoms with Gasteiger partial charge in [0.1, 0.15) is 37.4 Å². The molecule has 9 heteroatoms. The van der Waals surface area contributed by atoms with Crippen LogP contribution >= 0.6 is 0 Å². The van der Waals surface area contributed by atoms with E-state index in [1.165, 1.54) is 0 Å². The molecule has 104 valence electrons. The molecule has 0 saturated carbocycles. The van der Waals surface area contributed by atoms with Crippen LogP contribution in [0, 0.1) is 0 Å². The van der Waals surface area contributed by atoms with Crippen LogP contribution in [0.5, 0.6) is 0 Å². The number of carbonyl (C=O) groups excluding carboxylic acids is 1. The van der Waals surface area contributed by atoms with Crippen molar-refractivity contribution in [2.75, 3.05) is 6.61 Å². The molecule has 0 bridgehead atoms. The number of hydrogen-bond acceptors (Lipinski definition) is 8. The molecule has 0 amide bonds. The second kappa shape index (κ2) is 6.07. The third kappa shape index (κ3) is 3.62. The average molecular weight is 266 g/mol. The smallest absolute Gasteiger partial charge is 0.317 e. The van der Waals surface area contributed by atoms with Gasteiger partial charge in [-0.15, -0.1) is 0 Å². The zero-order chi connectivity index (χ0) is 13.9. The number of carboxylic acid groups (broad SMARTS) is 1. The zero-order valence-electron chi connectivity index (χ0n) is 9.17. The number of hydrogen-bond donors (Lipinski definition) is 5. The fourth-order valence-electron chi connectivity index (χ4n) is 1.42. The van der Waals surface area contributed by atoms with Crippen LogP contribution in [0.1, 0.15) is 6.42 Å². The topological polar surface area (TPSA) is 154 Å². The van der Waals surface area contributed by atoms with Crippen LogP contribution in [0.3, 0.4) is 0 Å². The molecule has 5 atom stereocenters. The summed E-state index contributed by atoms with van der Waals surface area (Å²) in [5.74, 6) is -2.42. The molecule has 9 nitrogen and oxygen atoms in total. The molecule has 0 radical (unpaired) electrons. The number of carboxylic acids is 1. The highest BCUT2D eigenvalue weighted by atomic mass is 16.6. The molecule has 1 unspecified atom stereocenters. The molecule has 0 spiro atoms. The van der Waals surface area contributed by atoms with Crippen molar-refractivity contribution in [3.8, 4) is 0 Å². The SMILES string of the molecule is O=C(O)CC(=O)OC[C@H]1OC(O)[C@H](O)[C@@H](O)[C@@H]1O. The second-order valence-corrected chi connectivity index (χ2v) is 3.79. The van der Waals surface area contributed by atoms with E-state index < -0.39 is 55.7 Å². The molecule has 0 aromatic heterocycles. The summed E-state index contributed by atoms with van der Waals surface area (Å²) in [6.45, 7) is -0.547. The third-order valence-corrected chi connectivity index (χ3v) is 2.39. The Labute approximate surface area is 101 Å². The van der Waals surface area contributed by atoms with Crippen molar-refractivity contribution in [1.29, 1.82) is 0 Å². The van der Waals surface area contributed by atoms with Gasteiger partial charge in [-0.05, 0) is 0 Å². The van der Waals surface area contributed by atoms with Gasteiger partial charge in [0.15, 0.2) is 6.29 Å². The van der Waals surface area contributed by atoms with Gasteiger partial charge in [-0.25, -0.2) is 0 Å². The number of carbonyl (C=O) groups is 2. The van der Waals surface area contributed by atoms with Crippen molar-refractivity contribution in [3.05, 3.63) is 0 Å². The van der Waals surface area contributed by atoms with Crippen molar-refractivity contribution in [3.63, 3.8) is 0 Å². The lowest BCUT2D eigenvalue weighted by Gasteiger charge is -2.37. The highest BCUT2D eigenvalue weighted by molar-refractivity contribution is 5.90. The maximum atomic E-state index is 10.9. The van der Waals surface area contributed by atoms with Crippen molar-refractivity contribution < 1.29 is 44.6 Å². The van der Waals surface area contributed by atoms with E-state index in [1.54, 1.807) is 0 Å². The lowest BCUT2D eigenvalue weighted by molar-refractivity contribution is -0.287. The first kappa shape index (κ1) is 14.8. The number of rotatable bonds is 4.